The topological polar surface area (TPSA) is 17.1 Å². The number of hydrogen-bond acceptors (Lipinski definition) is 1. The van der Waals surface area contributed by atoms with Crippen molar-refractivity contribution in [1.29, 1.82) is 0 Å². The van der Waals surface area contributed by atoms with E-state index in [2.05, 4.69) is 105 Å². The monoisotopic (exact) mass is 406 g/mol. The quantitative estimate of drug-likeness (QED) is 0.391. The molecule has 31 heavy (non-hydrogen) atoms. The van der Waals surface area contributed by atoms with E-state index in [4.69, 9.17) is 0 Å². The average Bonchev–Trinajstić information content (AvgIpc) is 3.18. The van der Waals surface area contributed by atoms with E-state index < -0.39 is 0 Å². The van der Waals surface area contributed by atoms with Gasteiger partial charge in [0.05, 0.1) is 0 Å². The first-order valence-electron chi connectivity index (χ1n) is 11.2. The highest BCUT2D eigenvalue weighted by atomic mass is 16.1. The minimum Gasteiger partial charge on any atom is -0.299 e. The first kappa shape index (κ1) is 21.1. The third-order valence-corrected chi connectivity index (χ3v) is 6.40. The molecule has 0 N–H and O–H groups in total. The molecule has 0 spiro atoms. The van der Waals surface area contributed by atoms with Crippen LogP contribution in [0.1, 0.15) is 40.7 Å². The highest BCUT2D eigenvalue weighted by Crippen LogP contribution is 2.39. The van der Waals surface area contributed by atoms with Gasteiger partial charge in [0.2, 0.25) is 0 Å². The van der Waals surface area contributed by atoms with Crippen molar-refractivity contribution in [3.63, 3.8) is 0 Å². The zero-order chi connectivity index (χ0) is 21.6. The first-order chi connectivity index (χ1) is 15.1. The molecule has 0 radical (unpaired) electrons. The number of allylic oxidation sites excluding steroid dienone is 4. The fourth-order valence-corrected chi connectivity index (χ4v) is 4.60. The summed E-state index contributed by atoms with van der Waals surface area (Å²) in [5.41, 5.74) is 8.96. The van der Waals surface area contributed by atoms with Crippen molar-refractivity contribution in [3.8, 4) is 0 Å². The summed E-state index contributed by atoms with van der Waals surface area (Å²) in [6.07, 6.45) is 7.44. The number of benzene rings is 3. The van der Waals surface area contributed by atoms with Gasteiger partial charge in [-0.3, -0.25) is 4.79 Å². The third-order valence-electron chi connectivity index (χ3n) is 6.40. The minimum absolute atomic E-state index is 0.324. The lowest BCUT2D eigenvalue weighted by Gasteiger charge is -2.20. The summed E-state index contributed by atoms with van der Waals surface area (Å²) >= 11 is 0. The van der Waals surface area contributed by atoms with Crippen LogP contribution in [-0.2, 0) is 17.6 Å². The van der Waals surface area contributed by atoms with Gasteiger partial charge in [0.1, 0.15) is 5.78 Å². The largest absolute Gasteiger partial charge is 0.299 e. The lowest BCUT2D eigenvalue weighted by Crippen LogP contribution is -2.11. The smallest absolute Gasteiger partial charge is 0.137 e. The maximum Gasteiger partial charge on any atom is 0.137 e. The fourth-order valence-electron chi connectivity index (χ4n) is 4.60. The zero-order valence-electron chi connectivity index (χ0n) is 18.5. The van der Waals surface area contributed by atoms with E-state index in [0.717, 1.165) is 12.8 Å². The van der Waals surface area contributed by atoms with Crippen molar-refractivity contribution >= 4 is 11.4 Å². The summed E-state index contributed by atoms with van der Waals surface area (Å²) in [7, 11) is 0. The Morgan fingerprint density at radius 3 is 2.10 bits per heavy atom. The van der Waals surface area contributed by atoms with Gasteiger partial charge in [-0.25, -0.2) is 0 Å². The maximum absolute atomic E-state index is 12.8. The molecule has 0 aromatic heterocycles. The second kappa shape index (κ2) is 9.75. The van der Waals surface area contributed by atoms with E-state index in [0.29, 0.717) is 24.5 Å². The summed E-state index contributed by atoms with van der Waals surface area (Å²) in [6.45, 7) is 4.20. The van der Waals surface area contributed by atoms with Crippen molar-refractivity contribution in [3.05, 3.63) is 124 Å². The molecule has 0 saturated carbocycles. The molecule has 3 aromatic rings. The van der Waals surface area contributed by atoms with Crippen LogP contribution in [0.25, 0.3) is 5.57 Å². The molecule has 0 amide bonds. The summed E-state index contributed by atoms with van der Waals surface area (Å²) in [4.78, 5) is 12.8. The van der Waals surface area contributed by atoms with Crippen LogP contribution in [0.4, 0.5) is 0 Å². The van der Waals surface area contributed by atoms with Crippen molar-refractivity contribution in [2.75, 3.05) is 0 Å². The van der Waals surface area contributed by atoms with Crippen LogP contribution in [0, 0.1) is 19.8 Å². The Kier molecular flexibility index (Phi) is 6.62. The second-order valence-corrected chi connectivity index (χ2v) is 8.56. The molecule has 0 aliphatic heterocycles. The van der Waals surface area contributed by atoms with E-state index in [-0.39, 0.29) is 0 Å². The number of ketones is 1. The molecule has 0 saturated heterocycles. The number of aryl methyl sites for hydroxylation is 2. The van der Waals surface area contributed by atoms with Crippen LogP contribution in [0.5, 0.6) is 0 Å². The zero-order valence-corrected chi connectivity index (χ0v) is 18.5. The summed E-state index contributed by atoms with van der Waals surface area (Å²) in [5.74, 6) is 0.655. The van der Waals surface area contributed by atoms with Crippen molar-refractivity contribution in [1.82, 2.24) is 0 Å². The molecule has 1 atom stereocenters. The van der Waals surface area contributed by atoms with Gasteiger partial charge in [-0.1, -0.05) is 96.6 Å². The van der Waals surface area contributed by atoms with E-state index in [9.17, 15) is 4.79 Å². The van der Waals surface area contributed by atoms with Gasteiger partial charge in [-0.2, -0.15) is 0 Å². The molecule has 3 aromatic carbocycles. The van der Waals surface area contributed by atoms with Crippen LogP contribution in [0.3, 0.4) is 0 Å². The van der Waals surface area contributed by atoms with Gasteiger partial charge in [0.25, 0.3) is 0 Å². The molecule has 1 aliphatic rings. The van der Waals surface area contributed by atoms with Gasteiger partial charge >= 0.3 is 0 Å². The molecule has 1 nitrogen and oxygen atoms in total. The Balaban J connectivity index is 1.47. The predicted molar refractivity (Wildman–Crippen MR) is 130 cm³/mol. The summed E-state index contributed by atoms with van der Waals surface area (Å²) < 4.78 is 0. The van der Waals surface area contributed by atoms with Gasteiger partial charge in [-0.05, 0) is 60.1 Å². The average molecular weight is 407 g/mol. The number of hydrogen-bond donors (Lipinski definition) is 0. The van der Waals surface area contributed by atoms with Crippen LogP contribution < -0.4 is 0 Å². The van der Waals surface area contributed by atoms with Crippen molar-refractivity contribution in [2.24, 2.45) is 5.92 Å². The van der Waals surface area contributed by atoms with Gasteiger partial charge in [-0.15, -0.1) is 0 Å². The van der Waals surface area contributed by atoms with E-state index in [1.165, 1.54) is 39.0 Å². The summed E-state index contributed by atoms with van der Waals surface area (Å²) in [6, 6.07) is 27.6. The lowest BCUT2D eigenvalue weighted by atomic mass is 9.83. The summed E-state index contributed by atoms with van der Waals surface area (Å²) in [5, 5.41) is 0. The number of carbonyl (C=O) groups is 1. The lowest BCUT2D eigenvalue weighted by molar-refractivity contribution is -0.118. The molecule has 0 heterocycles. The van der Waals surface area contributed by atoms with Gasteiger partial charge in [0, 0.05) is 18.8 Å². The van der Waals surface area contributed by atoms with Crippen LogP contribution in [0.15, 0.2) is 96.6 Å². The molecule has 4 rings (SSSR count). The van der Waals surface area contributed by atoms with Gasteiger partial charge < -0.3 is 0 Å². The molecule has 1 aliphatic carbocycles. The van der Waals surface area contributed by atoms with E-state index >= 15 is 0 Å². The first-order valence-corrected chi connectivity index (χ1v) is 11.2. The Labute approximate surface area is 186 Å². The van der Waals surface area contributed by atoms with Crippen LogP contribution >= 0.6 is 0 Å². The molecular weight excluding hydrogens is 376 g/mol. The maximum atomic E-state index is 12.8. The number of rotatable bonds is 8. The third kappa shape index (κ3) is 5.11. The highest BCUT2D eigenvalue weighted by molar-refractivity contribution is 5.82. The molecule has 0 fully saturated rings. The van der Waals surface area contributed by atoms with E-state index in [1.54, 1.807) is 0 Å². The minimum atomic E-state index is 0.324. The highest BCUT2D eigenvalue weighted by Gasteiger charge is 2.25. The van der Waals surface area contributed by atoms with Crippen molar-refractivity contribution < 1.29 is 4.79 Å². The molecular formula is C30H30O. The predicted octanol–water partition coefficient (Wildman–Crippen LogP) is 7.08. The standard InChI is InChI=1S/C30H30O/c1-22-10-9-11-23(2)29(22)21-27(31)18-16-26-17-19-28(25-14-7-4-8-15-25)30(26)20-24-12-5-3-6-13-24/h3-15,17,19,30H,16,18,20-21H2,1-2H3. The van der Waals surface area contributed by atoms with Crippen LogP contribution in [0.2, 0.25) is 0 Å². The Morgan fingerprint density at radius 1 is 0.774 bits per heavy atom. The number of Topliss-reactive ketones (excluding diaryl/α,β-unsaturated/α-hetero) is 1. The van der Waals surface area contributed by atoms with Crippen molar-refractivity contribution in [2.45, 2.75) is 39.5 Å². The normalized spacial score (nSPS) is 15.5. The Morgan fingerprint density at radius 2 is 1.42 bits per heavy atom. The molecule has 1 unspecified atom stereocenters. The van der Waals surface area contributed by atoms with Crippen LogP contribution in [-0.4, -0.2) is 5.78 Å². The van der Waals surface area contributed by atoms with Gasteiger partial charge in [0.15, 0.2) is 0 Å². The van der Waals surface area contributed by atoms with E-state index in [1.807, 2.05) is 0 Å². The SMILES string of the molecule is Cc1cccc(C)c1CC(=O)CCC1=CC=C(c2ccccc2)C1Cc1ccccc1. The Hall–Kier alpha value is -3.19. The molecule has 1 heteroatoms. The second-order valence-electron chi connectivity index (χ2n) is 8.56. The molecule has 156 valence electrons. The fraction of sp³-hybridized carbons (Fsp3) is 0.233. The molecule has 0 bridgehead atoms. The Bertz CT molecular complexity index is 1080. The number of carbonyl (C=O) groups excluding carboxylic acids is 1.